The number of nitro groups is 1. The zero-order valence-electron chi connectivity index (χ0n) is 11.4. The largest absolute Gasteiger partial charge is 0.389 e. The van der Waals surface area contributed by atoms with Crippen molar-refractivity contribution in [1.29, 1.82) is 0 Å². The second-order valence-electron chi connectivity index (χ2n) is 4.32. The lowest BCUT2D eigenvalue weighted by Crippen LogP contribution is -2.16. The average Bonchev–Trinajstić information content (AvgIpc) is 2.78. The summed E-state index contributed by atoms with van der Waals surface area (Å²) in [5, 5.41) is 27.2. The average molecular weight is 310 g/mol. The first kappa shape index (κ1) is 15.3. The van der Waals surface area contributed by atoms with Gasteiger partial charge in [-0.25, -0.2) is 9.89 Å². The van der Waals surface area contributed by atoms with E-state index in [4.69, 9.17) is 0 Å². The first-order chi connectivity index (χ1) is 9.93. The molecule has 21 heavy (non-hydrogen) atoms. The number of rotatable bonds is 5. The molecule has 0 aliphatic carbocycles. The molecule has 8 nitrogen and oxygen atoms in total. The van der Waals surface area contributed by atoms with Gasteiger partial charge in [-0.1, -0.05) is 6.07 Å². The number of hydrogen-bond acceptors (Lipinski definition) is 6. The van der Waals surface area contributed by atoms with Gasteiger partial charge < -0.3 is 5.11 Å². The number of nitro benzene ring substituents is 1. The Balaban J connectivity index is 2.44. The SMILES string of the molecule is CCn1c(Sc2ccc([C@@H](C)O)cc2[N+](=O)[O-])n[nH]c1=O. The van der Waals surface area contributed by atoms with Gasteiger partial charge >= 0.3 is 5.69 Å². The van der Waals surface area contributed by atoms with Crippen LogP contribution in [0.25, 0.3) is 0 Å². The van der Waals surface area contributed by atoms with Crippen molar-refractivity contribution < 1.29 is 10.0 Å². The molecule has 0 aliphatic rings. The van der Waals surface area contributed by atoms with Crippen molar-refractivity contribution in [2.45, 2.75) is 36.5 Å². The fourth-order valence-corrected chi connectivity index (χ4v) is 2.77. The summed E-state index contributed by atoms with van der Waals surface area (Å²) in [7, 11) is 0. The molecule has 2 rings (SSSR count). The quantitative estimate of drug-likeness (QED) is 0.642. The van der Waals surface area contributed by atoms with Crippen LogP contribution in [0, 0.1) is 10.1 Å². The molecule has 1 heterocycles. The van der Waals surface area contributed by atoms with Crippen LogP contribution in [0.5, 0.6) is 0 Å². The highest BCUT2D eigenvalue weighted by Gasteiger charge is 2.19. The highest BCUT2D eigenvalue weighted by molar-refractivity contribution is 7.99. The summed E-state index contributed by atoms with van der Waals surface area (Å²) in [6, 6.07) is 4.49. The lowest BCUT2D eigenvalue weighted by atomic mass is 10.1. The fourth-order valence-electron chi connectivity index (χ4n) is 1.78. The van der Waals surface area contributed by atoms with E-state index >= 15 is 0 Å². The van der Waals surface area contributed by atoms with Gasteiger partial charge in [0, 0.05) is 12.6 Å². The number of aliphatic hydroxyl groups excluding tert-OH is 1. The van der Waals surface area contributed by atoms with Crippen molar-refractivity contribution in [1.82, 2.24) is 14.8 Å². The topological polar surface area (TPSA) is 114 Å². The van der Waals surface area contributed by atoms with Gasteiger partial charge in [0.05, 0.1) is 15.9 Å². The molecule has 9 heteroatoms. The molecular weight excluding hydrogens is 296 g/mol. The number of benzene rings is 1. The van der Waals surface area contributed by atoms with Gasteiger partial charge in [-0.05, 0) is 37.2 Å². The number of aromatic nitrogens is 3. The summed E-state index contributed by atoms with van der Waals surface area (Å²) < 4.78 is 1.39. The van der Waals surface area contributed by atoms with E-state index in [-0.39, 0.29) is 11.4 Å². The van der Waals surface area contributed by atoms with Gasteiger partial charge in [0.1, 0.15) is 0 Å². The van der Waals surface area contributed by atoms with E-state index in [1.165, 1.54) is 17.6 Å². The molecular formula is C12H14N4O4S. The van der Waals surface area contributed by atoms with Crippen molar-refractivity contribution in [2.24, 2.45) is 0 Å². The highest BCUT2D eigenvalue weighted by atomic mass is 32.2. The Morgan fingerprint density at radius 1 is 1.57 bits per heavy atom. The molecule has 0 fully saturated rings. The molecule has 112 valence electrons. The zero-order valence-corrected chi connectivity index (χ0v) is 12.3. The molecule has 2 N–H and O–H groups in total. The van der Waals surface area contributed by atoms with Gasteiger partial charge in [0.25, 0.3) is 5.69 Å². The number of aromatic amines is 1. The number of nitrogens with zero attached hydrogens (tertiary/aromatic N) is 3. The number of nitrogens with one attached hydrogen (secondary N) is 1. The normalized spacial score (nSPS) is 12.3. The lowest BCUT2D eigenvalue weighted by Gasteiger charge is -2.07. The Morgan fingerprint density at radius 3 is 2.86 bits per heavy atom. The third kappa shape index (κ3) is 3.14. The molecule has 0 unspecified atom stereocenters. The standard InChI is InChI=1S/C12H14N4O4S/c1-3-15-11(18)13-14-12(15)21-10-5-4-8(7(2)17)6-9(10)16(19)20/h4-7,17H,3H2,1-2H3,(H,13,18)/t7-/m1/s1. The Hall–Kier alpha value is -2.13. The molecule has 0 saturated carbocycles. The van der Waals surface area contributed by atoms with Crippen LogP contribution in [-0.2, 0) is 6.54 Å². The van der Waals surface area contributed by atoms with E-state index in [1.807, 2.05) is 0 Å². The molecule has 1 aromatic heterocycles. The Morgan fingerprint density at radius 2 is 2.29 bits per heavy atom. The van der Waals surface area contributed by atoms with Gasteiger partial charge in [0.2, 0.25) is 0 Å². The molecule has 0 radical (unpaired) electrons. The molecule has 0 amide bonds. The fraction of sp³-hybridized carbons (Fsp3) is 0.333. The first-order valence-electron chi connectivity index (χ1n) is 6.23. The van der Waals surface area contributed by atoms with Crippen LogP contribution < -0.4 is 5.69 Å². The van der Waals surface area contributed by atoms with E-state index < -0.39 is 11.0 Å². The van der Waals surface area contributed by atoms with Crippen molar-refractivity contribution in [3.63, 3.8) is 0 Å². The smallest absolute Gasteiger partial charge is 0.343 e. The van der Waals surface area contributed by atoms with Crippen LogP contribution >= 0.6 is 11.8 Å². The molecule has 1 aromatic carbocycles. The second-order valence-corrected chi connectivity index (χ2v) is 5.33. The zero-order chi connectivity index (χ0) is 15.6. The number of H-pyrrole nitrogens is 1. The summed E-state index contributed by atoms with van der Waals surface area (Å²) in [4.78, 5) is 22.5. The van der Waals surface area contributed by atoms with Crippen molar-refractivity contribution in [3.8, 4) is 0 Å². The Kier molecular flexibility index (Phi) is 4.43. The predicted molar refractivity (Wildman–Crippen MR) is 76.4 cm³/mol. The Bertz CT molecular complexity index is 722. The van der Waals surface area contributed by atoms with Gasteiger partial charge in [-0.15, -0.1) is 5.10 Å². The third-order valence-electron chi connectivity index (χ3n) is 2.90. The maximum absolute atomic E-state index is 11.5. The minimum atomic E-state index is -0.790. The van der Waals surface area contributed by atoms with Crippen LogP contribution in [0.15, 0.2) is 33.0 Å². The molecule has 2 aromatic rings. The maximum atomic E-state index is 11.5. The molecule has 0 saturated heterocycles. The molecule has 0 spiro atoms. The van der Waals surface area contributed by atoms with E-state index in [1.54, 1.807) is 19.1 Å². The molecule has 0 aliphatic heterocycles. The number of hydrogen-bond donors (Lipinski definition) is 2. The first-order valence-corrected chi connectivity index (χ1v) is 7.05. The van der Waals surface area contributed by atoms with E-state index in [9.17, 15) is 20.0 Å². The molecule has 1 atom stereocenters. The second kappa shape index (κ2) is 6.10. The maximum Gasteiger partial charge on any atom is 0.343 e. The molecule has 0 bridgehead atoms. The van der Waals surface area contributed by atoms with Gasteiger partial charge in [0.15, 0.2) is 5.16 Å². The van der Waals surface area contributed by atoms with Crippen molar-refractivity contribution >= 4 is 17.4 Å². The van der Waals surface area contributed by atoms with Crippen LogP contribution in [-0.4, -0.2) is 24.8 Å². The van der Waals surface area contributed by atoms with Crippen molar-refractivity contribution in [2.75, 3.05) is 0 Å². The van der Waals surface area contributed by atoms with Crippen molar-refractivity contribution in [3.05, 3.63) is 44.4 Å². The third-order valence-corrected chi connectivity index (χ3v) is 3.96. The summed E-state index contributed by atoms with van der Waals surface area (Å²) in [5.41, 5.74) is -0.0271. The van der Waals surface area contributed by atoms with E-state index in [2.05, 4.69) is 10.2 Å². The summed E-state index contributed by atoms with van der Waals surface area (Å²) in [6.07, 6.45) is -0.790. The monoisotopic (exact) mass is 310 g/mol. The van der Waals surface area contributed by atoms with Gasteiger partial charge in [-0.2, -0.15) is 0 Å². The predicted octanol–water partition coefficient (Wildman–Crippen LogP) is 1.70. The highest BCUT2D eigenvalue weighted by Crippen LogP contribution is 2.35. The minimum Gasteiger partial charge on any atom is -0.389 e. The summed E-state index contributed by atoms with van der Waals surface area (Å²) in [6.45, 7) is 3.73. The summed E-state index contributed by atoms with van der Waals surface area (Å²) in [5.74, 6) is 0. The minimum absolute atomic E-state index is 0.128. The Labute approximate surface area is 124 Å². The lowest BCUT2D eigenvalue weighted by molar-refractivity contribution is -0.387. The van der Waals surface area contributed by atoms with Crippen LogP contribution in [0.4, 0.5) is 5.69 Å². The van der Waals surface area contributed by atoms with E-state index in [0.29, 0.717) is 22.2 Å². The van der Waals surface area contributed by atoms with Crippen LogP contribution in [0.3, 0.4) is 0 Å². The number of aliphatic hydroxyl groups is 1. The summed E-state index contributed by atoms with van der Waals surface area (Å²) >= 11 is 1.03. The van der Waals surface area contributed by atoms with Gasteiger partial charge in [-0.3, -0.25) is 14.7 Å². The van der Waals surface area contributed by atoms with Crippen LogP contribution in [0.2, 0.25) is 0 Å². The van der Waals surface area contributed by atoms with Crippen LogP contribution in [0.1, 0.15) is 25.5 Å². The van der Waals surface area contributed by atoms with E-state index in [0.717, 1.165) is 11.8 Å².